The summed E-state index contributed by atoms with van der Waals surface area (Å²) in [5.41, 5.74) is 7.15. The number of amides is 2. The molecule has 0 unspecified atom stereocenters. The summed E-state index contributed by atoms with van der Waals surface area (Å²) in [6.07, 6.45) is 0.136. The summed E-state index contributed by atoms with van der Waals surface area (Å²) in [7, 11) is 1.26. The van der Waals surface area contributed by atoms with E-state index < -0.39 is 12.0 Å². The van der Waals surface area contributed by atoms with Crippen molar-refractivity contribution in [1.82, 2.24) is 5.32 Å². The first-order chi connectivity index (χ1) is 10.8. The normalized spacial score (nSPS) is 11.2. The molecule has 0 radical (unpaired) electrons. The van der Waals surface area contributed by atoms with Crippen molar-refractivity contribution in [3.8, 4) is 0 Å². The van der Waals surface area contributed by atoms with Crippen LogP contribution in [0.2, 0.25) is 0 Å². The Balaban J connectivity index is 0.00000529. The average molecular weight is 358 g/mol. The van der Waals surface area contributed by atoms with E-state index in [9.17, 15) is 14.4 Å². The molecule has 24 heavy (non-hydrogen) atoms. The van der Waals surface area contributed by atoms with Gasteiger partial charge in [0.2, 0.25) is 11.8 Å². The first-order valence-electron chi connectivity index (χ1n) is 7.32. The van der Waals surface area contributed by atoms with Crippen molar-refractivity contribution in [1.29, 1.82) is 0 Å². The second kappa shape index (κ2) is 10.6. The van der Waals surface area contributed by atoms with Crippen LogP contribution in [-0.4, -0.2) is 37.5 Å². The van der Waals surface area contributed by atoms with Crippen LogP contribution in [-0.2, 0) is 25.5 Å². The lowest BCUT2D eigenvalue weighted by Gasteiger charge is -2.15. The Morgan fingerprint density at radius 3 is 2.25 bits per heavy atom. The summed E-state index contributed by atoms with van der Waals surface area (Å²) in [4.78, 5) is 34.4. The third-order valence-corrected chi connectivity index (χ3v) is 3.26. The summed E-state index contributed by atoms with van der Waals surface area (Å²) in [6, 6.07) is 6.29. The smallest absolute Gasteiger partial charge is 0.325 e. The Bertz CT molecular complexity index is 561. The third-order valence-electron chi connectivity index (χ3n) is 3.26. The van der Waals surface area contributed by atoms with Gasteiger partial charge in [-0.1, -0.05) is 26.0 Å². The molecule has 134 valence electrons. The lowest BCUT2D eigenvalue weighted by atomic mass is 10.0. The third kappa shape index (κ3) is 7.43. The number of halogens is 1. The number of carbonyl (C=O) groups excluding carboxylic acids is 3. The molecule has 0 aliphatic heterocycles. The lowest BCUT2D eigenvalue weighted by molar-refractivity contribution is -0.141. The summed E-state index contributed by atoms with van der Waals surface area (Å²) in [5.74, 6) is -0.983. The molecule has 0 spiro atoms. The van der Waals surface area contributed by atoms with E-state index in [0.29, 0.717) is 5.69 Å². The van der Waals surface area contributed by atoms with Crippen molar-refractivity contribution in [2.45, 2.75) is 26.3 Å². The van der Waals surface area contributed by atoms with Gasteiger partial charge in [0.1, 0.15) is 6.54 Å². The van der Waals surface area contributed by atoms with Gasteiger partial charge in [0.15, 0.2) is 0 Å². The first kappa shape index (κ1) is 21.9. The van der Waals surface area contributed by atoms with Crippen molar-refractivity contribution in [3.63, 3.8) is 0 Å². The molecule has 1 aromatic rings. The molecule has 0 saturated heterocycles. The van der Waals surface area contributed by atoms with Gasteiger partial charge in [-0.05, 0) is 23.6 Å². The SMILES string of the molecule is COC(=O)CNC(=O)Cc1ccc(NC(=O)[C@@H](N)C(C)C)cc1.Cl. The first-order valence-corrected chi connectivity index (χ1v) is 7.32. The molecule has 0 aliphatic rings. The molecular formula is C16H24ClN3O4. The molecule has 7 nitrogen and oxygen atoms in total. The van der Waals surface area contributed by atoms with Gasteiger partial charge in [-0.25, -0.2) is 0 Å². The highest BCUT2D eigenvalue weighted by Crippen LogP contribution is 2.11. The number of benzene rings is 1. The fourth-order valence-corrected chi connectivity index (χ4v) is 1.73. The second-order valence-electron chi connectivity index (χ2n) is 5.49. The number of hydrogen-bond acceptors (Lipinski definition) is 5. The Morgan fingerprint density at radius 2 is 1.75 bits per heavy atom. The van der Waals surface area contributed by atoms with E-state index >= 15 is 0 Å². The summed E-state index contributed by atoms with van der Waals surface area (Å²) in [6.45, 7) is 3.59. The zero-order valence-electron chi connectivity index (χ0n) is 14.0. The number of anilines is 1. The zero-order chi connectivity index (χ0) is 17.4. The van der Waals surface area contributed by atoms with Crippen LogP contribution in [0, 0.1) is 5.92 Å². The number of carbonyl (C=O) groups is 3. The minimum absolute atomic E-state index is 0. The molecular weight excluding hydrogens is 334 g/mol. The molecule has 0 fully saturated rings. The highest BCUT2D eigenvalue weighted by molar-refractivity contribution is 5.94. The zero-order valence-corrected chi connectivity index (χ0v) is 14.8. The van der Waals surface area contributed by atoms with E-state index in [-0.39, 0.29) is 43.1 Å². The van der Waals surface area contributed by atoms with Crippen LogP contribution < -0.4 is 16.4 Å². The monoisotopic (exact) mass is 357 g/mol. The summed E-state index contributed by atoms with van der Waals surface area (Å²) >= 11 is 0. The van der Waals surface area contributed by atoms with Gasteiger partial charge in [-0.3, -0.25) is 14.4 Å². The van der Waals surface area contributed by atoms with Crippen molar-refractivity contribution < 1.29 is 19.1 Å². The second-order valence-corrected chi connectivity index (χ2v) is 5.49. The van der Waals surface area contributed by atoms with Crippen molar-refractivity contribution in [3.05, 3.63) is 29.8 Å². The fraction of sp³-hybridized carbons (Fsp3) is 0.438. The summed E-state index contributed by atoms with van der Waals surface area (Å²) < 4.78 is 4.44. The van der Waals surface area contributed by atoms with Gasteiger partial charge < -0.3 is 21.1 Å². The number of hydrogen-bond donors (Lipinski definition) is 3. The van der Waals surface area contributed by atoms with Gasteiger partial charge in [-0.2, -0.15) is 0 Å². The van der Waals surface area contributed by atoms with Gasteiger partial charge >= 0.3 is 5.97 Å². The number of nitrogens with two attached hydrogens (primary N) is 1. The van der Waals surface area contributed by atoms with E-state index in [0.717, 1.165) is 5.56 Å². The molecule has 1 rings (SSSR count). The Labute approximate surface area is 147 Å². The lowest BCUT2D eigenvalue weighted by Crippen LogP contribution is -2.39. The van der Waals surface area contributed by atoms with Crippen molar-refractivity contribution >= 4 is 35.9 Å². The Morgan fingerprint density at radius 1 is 1.17 bits per heavy atom. The highest BCUT2D eigenvalue weighted by atomic mass is 35.5. The maximum atomic E-state index is 11.9. The minimum Gasteiger partial charge on any atom is -0.468 e. The van der Waals surface area contributed by atoms with Crippen LogP contribution >= 0.6 is 12.4 Å². The van der Waals surface area contributed by atoms with Crippen LogP contribution in [0.25, 0.3) is 0 Å². The van der Waals surface area contributed by atoms with Crippen LogP contribution in [0.5, 0.6) is 0 Å². The fourth-order valence-electron chi connectivity index (χ4n) is 1.73. The highest BCUT2D eigenvalue weighted by Gasteiger charge is 2.17. The molecule has 0 aromatic heterocycles. The van der Waals surface area contributed by atoms with E-state index in [1.165, 1.54) is 7.11 Å². The predicted molar refractivity (Wildman–Crippen MR) is 93.9 cm³/mol. The largest absolute Gasteiger partial charge is 0.468 e. The van der Waals surface area contributed by atoms with Crippen LogP contribution in [0.1, 0.15) is 19.4 Å². The number of rotatable bonds is 7. The Kier molecular flexibility index (Phi) is 9.68. The molecule has 0 saturated carbocycles. The molecule has 0 bridgehead atoms. The van der Waals surface area contributed by atoms with E-state index in [4.69, 9.17) is 5.73 Å². The molecule has 4 N–H and O–H groups in total. The molecule has 0 heterocycles. The van der Waals surface area contributed by atoms with Gasteiger partial charge in [-0.15, -0.1) is 12.4 Å². The average Bonchev–Trinajstić information content (AvgIpc) is 2.53. The maximum absolute atomic E-state index is 11.9. The molecule has 1 atom stereocenters. The Hall–Kier alpha value is -2.12. The number of methoxy groups -OCH3 is 1. The van der Waals surface area contributed by atoms with E-state index in [2.05, 4.69) is 15.4 Å². The number of ether oxygens (including phenoxy) is 1. The quantitative estimate of drug-likeness (QED) is 0.627. The van der Waals surface area contributed by atoms with Crippen molar-refractivity contribution in [2.75, 3.05) is 19.0 Å². The molecule has 2 amide bonds. The van der Waals surface area contributed by atoms with Gasteiger partial charge in [0.05, 0.1) is 19.6 Å². The van der Waals surface area contributed by atoms with Crippen molar-refractivity contribution in [2.24, 2.45) is 11.7 Å². The molecule has 1 aromatic carbocycles. The van der Waals surface area contributed by atoms with E-state index in [1.807, 2.05) is 13.8 Å². The maximum Gasteiger partial charge on any atom is 0.325 e. The predicted octanol–water partition coefficient (Wildman–Crippen LogP) is 0.862. The minimum atomic E-state index is -0.571. The van der Waals surface area contributed by atoms with Crippen LogP contribution in [0.4, 0.5) is 5.69 Å². The summed E-state index contributed by atoms with van der Waals surface area (Å²) in [5, 5.41) is 5.18. The molecule has 0 aliphatic carbocycles. The van der Waals surface area contributed by atoms with Crippen LogP contribution in [0.15, 0.2) is 24.3 Å². The van der Waals surface area contributed by atoms with Gasteiger partial charge in [0.25, 0.3) is 0 Å². The molecule has 8 heteroatoms. The van der Waals surface area contributed by atoms with Crippen LogP contribution in [0.3, 0.4) is 0 Å². The standard InChI is InChI=1S/C16H23N3O4.ClH/c1-10(2)15(17)16(22)19-12-6-4-11(5-7-12)8-13(20)18-9-14(21)23-3;/h4-7,10,15H,8-9,17H2,1-3H3,(H,18,20)(H,19,22);1H/t15-;/m0./s1. The van der Waals surface area contributed by atoms with E-state index in [1.54, 1.807) is 24.3 Å². The number of esters is 1. The number of nitrogens with one attached hydrogen (secondary N) is 2. The van der Waals surface area contributed by atoms with Gasteiger partial charge in [0, 0.05) is 5.69 Å². The topological polar surface area (TPSA) is 111 Å².